The molecule has 0 aliphatic rings. The molecule has 2 N–H and O–H groups in total. The summed E-state index contributed by atoms with van der Waals surface area (Å²) in [5.41, 5.74) is 0.959. The van der Waals surface area contributed by atoms with Gasteiger partial charge in [-0.05, 0) is 25.1 Å². The summed E-state index contributed by atoms with van der Waals surface area (Å²) in [6.45, 7) is 3.01. The first kappa shape index (κ1) is 14.4. The molecule has 0 radical (unpaired) electrons. The van der Waals surface area contributed by atoms with Gasteiger partial charge in [0.15, 0.2) is 0 Å². The van der Waals surface area contributed by atoms with Gasteiger partial charge in [0.05, 0.1) is 25.8 Å². The number of benzene rings is 1. The molecular formula is C15H21N3O2. The minimum atomic E-state index is -0.0870. The fraction of sp³-hybridized carbons (Fsp3) is 0.400. The van der Waals surface area contributed by atoms with Gasteiger partial charge in [-0.25, -0.2) is 4.98 Å². The van der Waals surface area contributed by atoms with Crippen LogP contribution in [0.4, 0.5) is 0 Å². The van der Waals surface area contributed by atoms with Gasteiger partial charge >= 0.3 is 0 Å². The lowest BCUT2D eigenvalue weighted by molar-refractivity contribution is 0.375. The van der Waals surface area contributed by atoms with E-state index in [4.69, 9.17) is 9.47 Å². The number of methoxy groups -OCH3 is 2. The fourth-order valence-electron chi connectivity index (χ4n) is 2.22. The quantitative estimate of drug-likeness (QED) is 0.815. The van der Waals surface area contributed by atoms with Gasteiger partial charge in [0.1, 0.15) is 17.3 Å². The molecule has 0 saturated heterocycles. The highest BCUT2D eigenvalue weighted by atomic mass is 16.5. The van der Waals surface area contributed by atoms with Crippen molar-refractivity contribution in [3.63, 3.8) is 0 Å². The summed E-state index contributed by atoms with van der Waals surface area (Å²) < 4.78 is 11.0. The minimum Gasteiger partial charge on any atom is -0.496 e. The van der Waals surface area contributed by atoms with Gasteiger partial charge in [0.25, 0.3) is 0 Å². The summed E-state index contributed by atoms with van der Waals surface area (Å²) >= 11 is 0. The first-order valence-electron chi connectivity index (χ1n) is 6.75. The number of hydrogen-bond acceptors (Lipinski definition) is 4. The average molecular weight is 275 g/mol. The summed E-state index contributed by atoms with van der Waals surface area (Å²) in [7, 11) is 3.33. The Morgan fingerprint density at radius 3 is 2.45 bits per heavy atom. The zero-order valence-corrected chi connectivity index (χ0v) is 12.1. The maximum absolute atomic E-state index is 5.49. The van der Waals surface area contributed by atoms with Crippen LogP contribution < -0.4 is 14.8 Å². The predicted molar refractivity (Wildman–Crippen MR) is 78.3 cm³/mol. The SMILES string of the molecule is CCCNC(c1ncc[nH]1)c1c(OC)cccc1OC. The smallest absolute Gasteiger partial charge is 0.128 e. The summed E-state index contributed by atoms with van der Waals surface area (Å²) in [6.07, 6.45) is 4.60. The third kappa shape index (κ3) is 2.93. The van der Waals surface area contributed by atoms with Gasteiger partial charge in [-0.15, -0.1) is 0 Å². The zero-order valence-electron chi connectivity index (χ0n) is 12.1. The fourth-order valence-corrected chi connectivity index (χ4v) is 2.22. The number of ether oxygens (including phenoxy) is 2. The van der Waals surface area contributed by atoms with Crippen molar-refractivity contribution in [3.8, 4) is 11.5 Å². The summed E-state index contributed by atoms with van der Waals surface area (Å²) in [6, 6.07) is 5.69. The standard InChI is InChI=1S/C15H21N3O2/c1-4-8-16-14(15-17-9-10-18-15)13-11(19-2)6-5-7-12(13)20-3/h5-7,9-10,14,16H,4,8H2,1-3H3,(H,17,18). The van der Waals surface area contributed by atoms with Gasteiger partial charge in [0, 0.05) is 12.4 Å². The molecule has 5 nitrogen and oxygen atoms in total. The van der Waals surface area contributed by atoms with E-state index in [1.807, 2.05) is 24.4 Å². The molecule has 0 aliphatic heterocycles. The van der Waals surface area contributed by atoms with E-state index in [0.29, 0.717) is 0 Å². The molecule has 2 aromatic rings. The number of nitrogens with one attached hydrogen (secondary N) is 2. The molecule has 2 rings (SSSR count). The highest BCUT2D eigenvalue weighted by molar-refractivity contribution is 5.49. The Morgan fingerprint density at radius 1 is 1.25 bits per heavy atom. The summed E-state index contributed by atoms with van der Waals surface area (Å²) in [5.74, 6) is 2.42. The Morgan fingerprint density at radius 2 is 1.95 bits per heavy atom. The number of nitrogens with zero attached hydrogens (tertiary/aromatic N) is 1. The number of hydrogen-bond donors (Lipinski definition) is 2. The van der Waals surface area contributed by atoms with Crippen LogP contribution in [-0.2, 0) is 0 Å². The first-order chi connectivity index (χ1) is 9.81. The molecule has 0 fully saturated rings. The molecule has 0 saturated carbocycles. The molecule has 5 heteroatoms. The number of imidazole rings is 1. The van der Waals surface area contributed by atoms with E-state index in [-0.39, 0.29) is 6.04 Å². The van der Waals surface area contributed by atoms with E-state index < -0.39 is 0 Å². The van der Waals surface area contributed by atoms with Crippen LogP contribution in [0.3, 0.4) is 0 Å². The van der Waals surface area contributed by atoms with Crippen LogP contribution in [0.5, 0.6) is 11.5 Å². The van der Waals surface area contributed by atoms with Gasteiger partial charge in [-0.1, -0.05) is 13.0 Å². The molecule has 1 heterocycles. The van der Waals surface area contributed by atoms with Crippen LogP contribution >= 0.6 is 0 Å². The lowest BCUT2D eigenvalue weighted by atomic mass is 10.0. The van der Waals surface area contributed by atoms with Crippen LogP contribution in [0, 0.1) is 0 Å². The van der Waals surface area contributed by atoms with Crippen molar-refractivity contribution in [1.82, 2.24) is 15.3 Å². The maximum atomic E-state index is 5.49. The van der Waals surface area contributed by atoms with Gasteiger partial charge < -0.3 is 19.8 Å². The first-order valence-corrected chi connectivity index (χ1v) is 6.75. The predicted octanol–water partition coefficient (Wildman–Crippen LogP) is 2.52. The molecule has 0 bridgehead atoms. The van der Waals surface area contributed by atoms with Gasteiger partial charge in [-0.2, -0.15) is 0 Å². The van der Waals surface area contributed by atoms with Crippen LogP contribution in [0.15, 0.2) is 30.6 Å². The van der Waals surface area contributed by atoms with E-state index in [9.17, 15) is 0 Å². The van der Waals surface area contributed by atoms with E-state index in [2.05, 4.69) is 22.2 Å². The lowest BCUT2D eigenvalue weighted by Gasteiger charge is -2.21. The zero-order chi connectivity index (χ0) is 14.4. The molecule has 1 aromatic heterocycles. The molecule has 1 atom stereocenters. The van der Waals surface area contributed by atoms with Crippen molar-refractivity contribution in [2.24, 2.45) is 0 Å². The van der Waals surface area contributed by atoms with E-state index in [0.717, 1.165) is 35.9 Å². The van der Waals surface area contributed by atoms with Crippen molar-refractivity contribution in [1.29, 1.82) is 0 Å². The summed E-state index contributed by atoms with van der Waals surface area (Å²) in [4.78, 5) is 7.53. The number of rotatable bonds is 7. The monoisotopic (exact) mass is 275 g/mol. The maximum Gasteiger partial charge on any atom is 0.128 e. The topological polar surface area (TPSA) is 59.2 Å². The molecule has 0 aliphatic carbocycles. The average Bonchev–Trinajstić information content (AvgIpc) is 3.01. The van der Waals surface area contributed by atoms with Crippen molar-refractivity contribution in [3.05, 3.63) is 42.0 Å². The second-order valence-corrected chi connectivity index (χ2v) is 4.44. The van der Waals surface area contributed by atoms with Crippen LogP contribution in [0.25, 0.3) is 0 Å². The summed E-state index contributed by atoms with van der Waals surface area (Å²) in [5, 5.41) is 3.48. The number of aromatic nitrogens is 2. The van der Waals surface area contributed by atoms with Crippen molar-refractivity contribution >= 4 is 0 Å². The van der Waals surface area contributed by atoms with E-state index >= 15 is 0 Å². The molecule has 1 aromatic carbocycles. The Hall–Kier alpha value is -2.01. The molecule has 1 unspecified atom stereocenters. The van der Waals surface area contributed by atoms with Crippen LogP contribution in [-0.4, -0.2) is 30.7 Å². The Bertz CT molecular complexity index is 504. The van der Waals surface area contributed by atoms with Crippen molar-refractivity contribution in [2.45, 2.75) is 19.4 Å². The largest absolute Gasteiger partial charge is 0.496 e. The molecule has 0 spiro atoms. The van der Waals surface area contributed by atoms with Gasteiger partial charge in [-0.3, -0.25) is 0 Å². The van der Waals surface area contributed by atoms with Crippen molar-refractivity contribution < 1.29 is 9.47 Å². The highest BCUT2D eigenvalue weighted by Gasteiger charge is 2.23. The van der Waals surface area contributed by atoms with Gasteiger partial charge in [0.2, 0.25) is 0 Å². The lowest BCUT2D eigenvalue weighted by Crippen LogP contribution is -2.25. The third-order valence-electron chi connectivity index (χ3n) is 3.15. The second-order valence-electron chi connectivity index (χ2n) is 4.44. The molecular weight excluding hydrogens is 254 g/mol. The molecule has 0 amide bonds. The van der Waals surface area contributed by atoms with Crippen LogP contribution in [0.2, 0.25) is 0 Å². The van der Waals surface area contributed by atoms with E-state index in [1.54, 1.807) is 20.4 Å². The minimum absolute atomic E-state index is 0.0870. The highest BCUT2D eigenvalue weighted by Crippen LogP contribution is 2.36. The Balaban J connectivity index is 2.47. The number of aromatic amines is 1. The molecule has 20 heavy (non-hydrogen) atoms. The van der Waals surface area contributed by atoms with Crippen molar-refractivity contribution in [2.75, 3.05) is 20.8 Å². The number of H-pyrrole nitrogens is 1. The Kier molecular flexibility index (Phi) is 5.01. The third-order valence-corrected chi connectivity index (χ3v) is 3.15. The second kappa shape index (κ2) is 6.96. The van der Waals surface area contributed by atoms with Crippen LogP contribution in [0.1, 0.15) is 30.8 Å². The molecule has 108 valence electrons. The van der Waals surface area contributed by atoms with E-state index in [1.165, 1.54) is 0 Å². The Labute approximate surface area is 119 Å². The normalized spacial score (nSPS) is 12.2.